The van der Waals surface area contributed by atoms with Crippen LogP contribution in [0.25, 0.3) is 0 Å². The van der Waals surface area contributed by atoms with Gasteiger partial charge in [-0.25, -0.2) is 0 Å². The van der Waals surface area contributed by atoms with Gasteiger partial charge in [0.1, 0.15) is 11.5 Å². The molecular weight excluding hydrogens is 385 g/mol. The van der Waals surface area contributed by atoms with Crippen LogP contribution >= 0.6 is 34.2 Å². The first-order chi connectivity index (χ1) is 9.69. The first-order valence-electron chi connectivity index (χ1n) is 6.61. The van der Waals surface area contributed by atoms with Crippen LogP contribution in [0.1, 0.15) is 18.9 Å². The summed E-state index contributed by atoms with van der Waals surface area (Å²) in [4.78, 5) is 0. The molecule has 2 aromatic carbocycles. The van der Waals surface area contributed by atoms with Crippen molar-refractivity contribution in [2.45, 2.75) is 19.9 Å². The summed E-state index contributed by atoms with van der Waals surface area (Å²) < 4.78 is 6.95. The van der Waals surface area contributed by atoms with Crippen LogP contribution in [0.15, 0.2) is 42.5 Å². The third kappa shape index (κ3) is 4.65. The summed E-state index contributed by atoms with van der Waals surface area (Å²) in [6, 6.07) is 13.8. The predicted octanol–water partition coefficient (Wildman–Crippen LogP) is 5.24. The van der Waals surface area contributed by atoms with Gasteiger partial charge >= 0.3 is 0 Å². The first kappa shape index (κ1) is 15.6. The van der Waals surface area contributed by atoms with E-state index in [-0.39, 0.29) is 0 Å². The van der Waals surface area contributed by atoms with Crippen LogP contribution in [0.2, 0.25) is 5.02 Å². The van der Waals surface area contributed by atoms with E-state index in [1.54, 1.807) is 0 Å². The number of rotatable bonds is 6. The summed E-state index contributed by atoms with van der Waals surface area (Å²) in [6.45, 7) is 3.99. The van der Waals surface area contributed by atoms with Gasteiger partial charge in [0.15, 0.2) is 0 Å². The molecule has 106 valence electrons. The van der Waals surface area contributed by atoms with Crippen molar-refractivity contribution in [3.05, 3.63) is 56.6 Å². The van der Waals surface area contributed by atoms with Crippen molar-refractivity contribution in [1.82, 2.24) is 5.32 Å². The minimum Gasteiger partial charge on any atom is -0.456 e. The second-order valence-electron chi connectivity index (χ2n) is 4.50. The molecule has 0 saturated heterocycles. The van der Waals surface area contributed by atoms with Crippen LogP contribution in [0.4, 0.5) is 0 Å². The molecule has 0 unspecified atom stereocenters. The Hall–Kier alpha value is -0.780. The average molecular weight is 402 g/mol. The largest absolute Gasteiger partial charge is 0.456 e. The Morgan fingerprint density at radius 3 is 2.75 bits per heavy atom. The molecule has 0 bridgehead atoms. The van der Waals surface area contributed by atoms with Gasteiger partial charge in [-0.1, -0.05) is 30.7 Å². The van der Waals surface area contributed by atoms with E-state index in [9.17, 15) is 0 Å². The fourth-order valence-corrected chi connectivity index (χ4v) is 2.56. The van der Waals surface area contributed by atoms with E-state index in [1.807, 2.05) is 42.5 Å². The predicted molar refractivity (Wildman–Crippen MR) is 92.7 cm³/mol. The Kier molecular flexibility index (Phi) is 6.13. The Morgan fingerprint density at radius 2 is 2.05 bits per heavy atom. The van der Waals surface area contributed by atoms with E-state index in [1.165, 1.54) is 5.56 Å². The SMILES string of the molecule is CCCNCc1ccc(Oc2cccc(I)c2)c(Cl)c1. The van der Waals surface area contributed by atoms with Gasteiger partial charge < -0.3 is 10.1 Å². The molecule has 0 aliphatic heterocycles. The molecule has 0 aromatic heterocycles. The van der Waals surface area contributed by atoms with Crippen molar-refractivity contribution < 1.29 is 4.74 Å². The highest BCUT2D eigenvalue weighted by Gasteiger charge is 2.05. The fourth-order valence-electron chi connectivity index (χ4n) is 1.80. The van der Waals surface area contributed by atoms with Crippen LogP contribution in [-0.2, 0) is 6.54 Å². The average Bonchev–Trinajstić information content (AvgIpc) is 2.42. The highest BCUT2D eigenvalue weighted by molar-refractivity contribution is 14.1. The van der Waals surface area contributed by atoms with E-state index >= 15 is 0 Å². The van der Waals surface area contributed by atoms with Gasteiger partial charge in [-0.15, -0.1) is 0 Å². The molecule has 0 aliphatic rings. The van der Waals surface area contributed by atoms with Gasteiger partial charge in [0, 0.05) is 10.1 Å². The molecule has 1 N–H and O–H groups in total. The van der Waals surface area contributed by atoms with E-state index in [4.69, 9.17) is 16.3 Å². The minimum absolute atomic E-state index is 0.639. The summed E-state index contributed by atoms with van der Waals surface area (Å²) in [5, 5.41) is 3.99. The molecule has 0 atom stereocenters. The maximum atomic E-state index is 6.28. The highest BCUT2D eigenvalue weighted by Crippen LogP contribution is 2.30. The van der Waals surface area contributed by atoms with Crippen molar-refractivity contribution in [2.75, 3.05) is 6.54 Å². The lowest BCUT2D eigenvalue weighted by Crippen LogP contribution is -2.13. The van der Waals surface area contributed by atoms with Crippen molar-refractivity contribution in [3.63, 3.8) is 0 Å². The Bertz CT molecular complexity index is 574. The molecule has 20 heavy (non-hydrogen) atoms. The summed E-state index contributed by atoms with van der Waals surface area (Å²) in [5.74, 6) is 1.49. The Morgan fingerprint density at radius 1 is 1.20 bits per heavy atom. The van der Waals surface area contributed by atoms with Crippen LogP contribution in [0.3, 0.4) is 0 Å². The molecule has 0 amide bonds. The monoisotopic (exact) mass is 401 g/mol. The van der Waals surface area contributed by atoms with Crippen molar-refractivity contribution in [2.24, 2.45) is 0 Å². The normalized spacial score (nSPS) is 10.6. The molecule has 0 saturated carbocycles. The molecule has 0 heterocycles. The van der Waals surface area contributed by atoms with Crippen LogP contribution in [0, 0.1) is 3.57 Å². The molecule has 2 aromatic rings. The summed E-state index contributed by atoms with van der Waals surface area (Å²) in [6.07, 6.45) is 1.13. The summed E-state index contributed by atoms with van der Waals surface area (Å²) in [5.41, 5.74) is 1.17. The van der Waals surface area contributed by atoms with Gasteiger partial charge in [-0.05, 0) is 71.5 Å². The van der Waals surface area contributed by atoms with E-state index in [0.717, 1.165) is 28.8 Å². The van der Waals surface area contributed by atoms with Crippen LogP contribution in [0.5, 0.6) is 11.5 Å². The molecule has 0 fully saturated rings. The van der Waals surface area contributed by atoms with Gasteiger partial charge in [-0.2, -0.15) is 0 Å². The van der Waals surface area contributed by atoms with Gasteiger partial charge in [0.25, 0.3) is 0 Å². The maximum Gasteiger partial charge on any atom is 0.146 e. The quantitative estimate of drug-likeness (QED) is 0.528. The molecule has 2 nitrogen and oxygen atoms in total. The molecule has 0 spiro atoms. The number of hydrogen-bond donors (Lipinski definition) is 1. The van der Waals surface area contributed by atoms with Gasteiger partial charge in [0.05, 0.1) is 5.02 Å². The molecular formula is C16H17ClINO. The van der Waals surface area contributed by atoms with Gasteiger partial charge in [-0.3, -0.25) is 0 Å². The standard InChI is InChI=1S/C16H17ClINO/c1-2-8-19-11-12-6-7-16(15(17)9-12)20-14-5-3-4-13(18)10-14/h3-7,9-10,19H,2,8,11H2,1H3. The molecule has 0 radical (unpaired) electrons. The Labute approximate surface area is 138 Å². The molecule has 4 heteroatoms. The van der Waals surface area contributed by atoms with Crippen molar-refractivity contribution in [3.8, 4) is 11.5 Å². The van der Waals surface area contributed by atoms with E-state index in [0.29, 0.717) is 10.8 Å². The lowest BCUT2D eigenvalue weighted by molar-refractivity contribution is 0.482. The zero-order chi connectivity index (χ0) is 14.4. The molecule has 2 rings (SSSR count). The lowest BCUT2D eigenvalue weighted by atomic mass is 10.2. The van der Waals surface area contributed by atoms with Gasteiger partial charge in [0.2, 0.25) is 0 Å². The lowest BCUT2D eigenvalue weighted by Gasteiger charge is -2.10. The highest BCUT2D eigenvalue weighted by atomic mass is 127. The Balaban J connectivity index is 2.06. The third-order valence-electron chi connectivity index (χ3n) is 2.78. The second-order valence-corrected chi connectivity index (χ2v) is 6.15. The zero-order valence-electron chi connectivity index (χ0n) is 11.3. The number of halogens is 2. The van der Waals surface area contributed by atoms with E-state index in [2.05, 4.69) is 34.8 Å². The third-order valence-corrected chi connectivity index (χ3v) is 3.74. The summed E-state index contributed by atoms with van der Waals surface area (Å²) in [7, 11) is 0. The van der Waals surface area contributed by atoms with Crippen molar-refractivity contribution in [1.29, 1.82) is 0 Å². The topological polar surface area (TPSA) is 21.3 Å². The van der Waals surface area contributed by atoms with E-state index < -0.39 is 0 Å². The minimum atomic E-state index is 0.639. The fraction of sp³-hybridized carbons (Fsp3) is 0.250. The number of hydrogen-bond acceptors (Lipinski definition) is 2. The second kappa shape index (κ2) is 7.86. The van der Waals surface area contributed by atoms with Crippen LogP contribution in [-0.4, -0.2) is 6.54 Å². The zero-order valence-corrected chi connectivity index (χ0v) is 14.2. The number of ether oxygens (including phenoxy) is 1. The smallest absolute Gasteiger partial charge is 0.146 e. The number of benzene rings is 2. The maximum absolute atomic E-state index is 6.28. The number of nitrogens with one attached hydrogen (secondary N) is 1. The van der Waals surface area contributed by atoms with Crippen LogP contribution < -0.4 is 10.1 Å². The van der Waals surface area contributed by atoms with Crippen molar-refractivity contribution >= 4 is 34.2 Å². The summed E-state index contributed by atoms with van der Waals surface area (Å²) >= 11 is 8.54. The first-order valence-corrected chi connectivity index (χ1v) is 8.07. The molecule has 0 aliphatic carbocycles.